The van der Waals surface area contributed by atoms with Gasteiger partial charge in [0.2, 0.25) is 0 Å². The molecule has 1 unspecified atom stereocenters. The Bertz CT molecular complexity index is 392. The van der Waals surface area contributed by atoms with Crippen LogP contribution in [0.5, 0.6) is 0 Å². The first-order valence-electron chi connectivity index (χ1n) is 6.90. The average Bonchev–Trinajstić information content (AvgIpc) is 2.39. The van der Waals surface area contributed by atoms with Gasteiger partial charge in [-0.15, -0.1) is 0 Å². The third-order valence-corrected chi connectivity index (χ3v) is 3.47. The van der Waals surface area contributed by atoms with Crippen molar-refractivity contribution < 1.29 is 14.6 Å². The molecular formula is C15H24FNO2. The Labute approximate surface area is 114 Å². The summed E-state index contributed by atoms with van der Waals surface area (Å²) in [6.07, 6.45) is 1.14. The predicted octanol–water partition coefficient (Wildman–Crippen LogP) is 2.87. The van der Waals surface area contributed by atoms with Crippen LogP contribution in [0, 0.1) is 5.82 Å². The van der Waals surface area contributed by atoms with Crippen LogP contribution in [-0.4, -0.2) is 29.4 Å². The zero-order valence-corrected chi connectivity index (χ0v) is 11.9. The summed E-state index contributed by atoms with van der Waals surface area (Å²) in [5.41, 5.74) is 1.37. The van der Waals surface area contributed by atoms with E-state index in [1.807, 2.05) is 0 Å². The van der Waals surface area contributed by atoms with Gasteiger partial charge in [-0.1, -0.05) is 13.8 Å². The van der Waals surface area contributed by atoms with Crippen LogP contribution in [0.4, 0.5) is 10.1 Å². The zero-order chi connectivity index (χ0) is 14.4. The van der Waals surface area contributed by atoms with E-state index in [0.717, 1.165) is 18.5 Å². The highest BCUT2D eigenvalue weighted by molar-refractivity contribution is 5.55. The Kier molecular flexibility index (Phi) is 6.25. The molecule has 1 rings (SSSR count). The first-order valence-corrected chi connectivity index (χ1v) is 6.90. The Hall–Kier alpha value is -1.13. The van der Waals surface area contributed by atoms with Crippen LogP contribution in [0.1, 0.15) is 45.3 Å². The molecule has 0 aliphatic rings. The second-order valence-electron chi connectivity index (χ2n) is 4.77. The van der Waals surface area contributed by atoms with Crippen molar-refractivity contribution in [3.8, 4) is 0 Å². The van der Waals surface area contributed by atoms with E-state index in [4.69, 9.17) is 0 Å². The molecule has 1 aromatic rings. The number of rotatable bonds is 7. The van der Waals surface area contributed by atoms with Gasteiger partial charge in [0, 0.05) is 23.8 Å². The summed E-state index contributed by atoms with van der Waals surface area (Å²) >= 11 is 0. The van der Waals surface area contributed by atoms with Crippen molar-refractivity contribution in [2.75, 3.05) is 18.1 Å². The number of aliphatic hydroxyl groups is 2. The van der Waals surface area contributed by atoms with Gasteiger partial charge in [0.1, 0.15) is 5.82 Å². The molecule has 0 heterocycles. The minimum atomic E-state index is -0.735. The van der Waals surface area contributed by atoms with E-state index in [2.05, 4.69) is 18.7 Å². The number of anilines is 1. The molecule has 19 heavy (non-hydrogen) atoms. The summed E-state index contributed by atoms with van der Waals surface area (Å²) < 4.78 is 13.3. The lowest BCUT2D eigenvalue weighted by Crippen LogP contribution is -2.37. The van der Waals surface area contributed by atoms with E-state index in [9.17, 15) is 14.6 Å². The number of hydrogen-bond donors (Lipinski definition) is 2. The molecule has 0 aromatic heterocycles. The van der Waals surface area contributed by atoms with Crippen molar-refractivity contribution in [3.63, 3.8) is 0 Å². The first-order chi connectivity index (χ1) is 9.04. The topological polar surface area (TPSA) is 43.7 Å². The van der Waals surface area contributed by atoms with Crippen molar-refractivity contribution in [1.29, 1.82) is 0 Å². The summed E-state index contributed by atoms with van der Waals surface area (Å²) in [5.74, 6) is -0.354. The SMILES string of the molecule is CCC(CC)N(CCO)c1ccc(F)cc1C(C)O. The van der Waals surface area contributed by atoms with Crippen molar-refractivity contribution >= 4 is 5.69 Å². The summed E-state index contributed by atoms with van der Waals surface area (Å²) in [6, 6.07) is 4.72. The van der Waals surface area contributed by atoms with Gasteiger partial charge < -0.3 is 15.1 Å². The molecule has 2 N–H and O–H groups in total. The van der Waals surface area contributed by atoms with Gasteiger partial charge in [0.05, 0.1) is 12.7 Å². The molecule has 3 nitrogen and oxygen atoms in total. The summed E-state index contributed by atoms with van der Waals surface area (Å²) in [7, 11) is 0. The molecule has 0 fully saturated rings. The largest absolute Gasteiger partial charge is 0.395 e. The second-order valence-corrected chi connectivity index (χ2v) is 4.77. The summed E-state index contributed by atoms with van der Waals surface area (Å²) in [4.78, 5) is 2.06. The van der Waals surface area contributed by atoms with Gasteiger partial charge in [-0.2, -0.15) is 0 Å². The van der Waals surface area contributed by atoms with Crippen LogP contribution in [0.25, 0.3) is 0 Å². The monoisotopic (exact) mass is 269 g/mol. The molecular weight excluding hydrogens is 245 g/mol. The van der Waals surface area contributed by atoms with Crippen molar-refractivity contribution in [3.05, 3.63) is 29.6 Å². The molecule has 4 heteroatoms. The van der Waals surface area contributed by atoms with Crippen LogP contribution in [0.2, 0.25) is 0 Å². The van der Waals surface area contributed by atoms with Gasteiger partial charge in [-0.05, 0) is 38.0 Å². The smallest absolute Gasteiger partial charge is 0.123 e. The maximum absolute atomic E-state index is 13.3. The van der Waals surface area contributed by atoms with E-state index >= 15 is 0 Å². The van der Waals surface area contributed by atoms with Gasteiger partial charge in [0.25, 0.3) is 0 Å². The molecule has 0 saturated carbocycles. The zero-order valence-electron chi connectivity index (χ0n) is 11.9. The maximum atomic E-state index is 13.3. The number of nitrogens with zero attached hydrogens (tertiary/aromatic N) is 1. The molecule has 0 amide bonds. The van der Waals surface area contributed by atoms with Gasteiger partial charge >= 0.3 is 0 Å². The highest BCUT2D eigenvalue weighted by Crippen LogP contribution is 2.30. The molecule has 1 atom stereocenters. The molecule has 0 radical (unpaired) electrons. The van der Waals surface area contributed by atoms with Gasteiger partial charge in [-0.25, -0.2) is 4.39 Å². The van der Waals surface area contributed by atoms with E-state index < -0.39 is 6.10 Å². The molecule has 108 valence electrons. The van der Waals surface area contributed by atoms with E-state index in [-0.39, 0.29) is 18.5 Å². The first kappa shape index (κ1) is 15.9. The average molecular weight is 269 g/mol. The standard InChI is InChI=1S/C15H24FNO2/c1-4-13(5-2)17(8-9-18)15-7-6-12(16)10-14(15)11(3)19/h6-7,10-11,13,18-19H,4-5,8-9H2,1-3H3. The summed E-state index contributed by atoms with van der Waals surface area (Å²) in [6.45, 7) is 6.32. The minimum absolute atomic E-state index is 0.0348. The fourth-order valence-electron chi connectivity index (χ4n) is 2.46. The van der Waals surface area contributed by atoms with Crippen molar-refractivity contribution in [2.45, 2.75) is 45.8 Å². The molecule has 0 saturated heterocycles. The molecule has 0 spiro atoms. The highest BCUT2D eigenvalue weighted by atomic mass is 19.1. The maximum Gasteiger partial charge on any atom is 0.123 e. The molecule has 0 aliphatic carbocycles. The molecule has 0 aliphatic heterocycles. The van der Waals surface area contributed by atoms with Crippen LogP contribution >= 0.6 is 0 Å². The quantitative estimate of drug-likeness (QED) is 0.800. The van der Waals surface area contributed by atoms with Crippen LogP contribution in [0.3, 0.4) is 0 Å². The number of hydrogen-bond acceptors (Lipinski definition) is 3. The normalized spacial score (nSPS) is 12.8. The van der Waals surface area contributed by atoms with Crippen LogP contribution in [-0.2, 0) is 0 Å². The van der Waals surface area contributed by atoms with Gasteiger partial charge in [-0.3, -0.25) is 0 Å². The molecule has 0 bridgehead atoms. The second kappa shape index (κ2) is 7.46. The third-order valence-electron chi connectivity index (χ3n) is 3.47. The Morgan fingerprint density at radius 3 is 2.37 bits per heavy atom. The van der Waals surface area contributed by atoms with E-state index in [0.29, 0.717) is 12.1 Å². The Morgan fingerprint density at radius 2 is 1.89 bits per heavy atom. The number of benzene rings is 1. The van der Waals surface area contributed by atoms with E-state index in [1.165, 1.54) is 12.1 Å². The predicted molar refractivity (Wildman–Crippen MR) is 75.8 cm³/mol. The highest BCUT2D eigenvalue weighted by Gasteiger charge is 2.20. The molecule has 1 aromatic carbocycles. The fourth-order valence-corrected chi connectivity index (χ4v) is 2.46. The van der Waals surface area contributed by atoms with Crippen LogP contribution in [0.15, 0.2) is 18.2 Å². The lowest BCUT2D eigenvalue weighted by Gasteiger charge is -2.34. The van der Waals surface area contributed by atoms with Crippen molar-refractivity contribution in [1.82, 2.24) is 0 Å². The summed E-state index contributed by atoms with van der Waals surface area (Å²) in [5, 5.41) is 19.1. The van der Waals surface area contributed by atoms with Crippen LogP contribution < -0.4 is 4.90 Å². The lowest BCUT2D eigenvalue weighted by molar-refractivity contribution is 0.198. The lowest BCUT2D eigenvalue weighted by atomic mass is 10.0. The van der Waals surface area contributed by atoms with Crippen molar-refractivity contribution in [2.24, 2.45) is 0 Å². The Balaban J connectivity index is 3.21. The van der Waals surface area contributed by atoms with Gasteiger partial charge in [0.15, 0.2) is 0 Å². The third kappa shape index (κ3) is 3.91. The number of aliphatic hydroxyl groups excluding tert-OH is 2. The number of halogens is 1. The fraction of sp³-hybridized carbons (Fsp3) is 0.600. The minimum Gasteiger partial charge on any atom is -0.395 e. The van der Waals surface area contributed by atoms with E-state index in [1.54, 1.807) is 13.0 Å². The Morgan fingerprint density at radius 1 is 1.26 bits per heavy atom.